The van der Waals surface area contributed by atoms with Crippen LogP contribution >= 0.6 is 0 Å². The lowest BCUT2D eigenvalue weighted by Crippen LogP contribution is -2.37. The van der Waals surface area contributed by atoms with Gasteiger partial charge in [-0.15, -0.1) is 0 Å². The molecule has 0 saturated carbocycles. The number of halogens is 1. The average Bonchev–Trinajstić information content (AvgIpc) is 2.99. The fraction of sp³-hybridized carbons (Fsp3) is 0.391. The number of hydrogen-bond donors (Lipinski definition) is 1. The van der Waals surface area contributed by atoms with Gasteiger partial charge in [0.25, 0.3) is 5.91 Å². The lowest BCUT2D eigenvalue weighted by atomic mass is 10.1. The van der Waals surface area contributed by atoms with E-state index in [2.05, 4.69) is 5.32 Å². The van der Waals surface area contributed by atoms with Gasteiger partial charge in [0.1, 0.15) is 11.4 Å². The van der Waals surface area contributed by atoms with Gasteiger partial charge in [0, 0.05) is 37.4 Å². The van der Waals surface area contributed by atoms with Crippen LogP contribution in [0.3, 0.4) is 0 Å². The van der Waals surface area contributed by atoms with Crippen LogP contribution in [0.2, 0.25) is 0 Å². The van der Waals surface area contributed by atoms with Crippen molar-refractivity contribution in [2.24, 2.45) is 0 Å². The summed E-state index contributed by atoms with van der Waals surface area (Å²) in [4.78, 5) is 26.5. The van der Waals surface area contributed by atoms with Crippen LogP contribution in [-0.4, -0.2) is 61.4 Å². The third-order valence-electron chi connectivity index (χ3n) is 4.97. The van der Waals surface area contributed by atoms with Crippen LogP contribution in [0.15, 0.2) is 53.4 Å². The van der Waals surface area contributed by atoms with E-state index in [-0.39, 0.29) is 30.4 Å². The number of rotatable bonds is 4. The van der Waals surface area contributed by atoms with Gasteiger partial charge in [0.05, 0.1) is 4.90 Å². The summed E-state index contributed by atoms with van der Waals surface area (Å²) in [5.41, 5.74) is 0.304. The zero-order chi connectivity index (χ0) is 24.2. The number of hydrogen-bond acceptors (Lipinski definition) is 5. The molecule has 1 saturated heterocycles. The molecule has 1 aliphatic heterocycles. The lowest BCUT2D eigenvalue weighted by Gasteiger charge is -2.22. The molecule has 0 aromatic heterocycles. The molecule has 2 aromatic rings. The van der Waals surface area contributed by atoms with Gasteiger partial charge in [0.15, 0.2) is 0 Å². The number of amides is 2. The van der Waals surface area contributed by atoms with Crippen molar-refractivity contribution >= 4 is 27.7 Å². The van der Waals surface area contributed by atoms with Crippen LogP contribution in [0.1, 0.15) is 37.6 Å². The zero-order valence-electron chi connectivity index (χ0n) is 18.9. The summed E-state index contributed by atoms with van der Waals surface area (Å²) in [6.45, 7) is 6.35. The molecule has 8 nitrogen and oxygen atoms in total. The summed E-state index contributed by atoms with van der Waals surface area (Å²) < 4.78 is 45.4. The highest BCUT2D eigenvalue weighted by molar-refractivity contribution is 7.89. The smallest absolute Gasteiger partial charge is 0.412 e. The predicted octanol–water partition coefficient (Wildman–Crippen LogP) is 3.71. The third-order valence-corrected chi connectivity index (χ3v) is 6.88. The molecule has 1 aliphatic rings. The summed E-state index contributed by atoms with van der Waals surface area (Å²) in [7, 11) is -3.77. The number of nitrogens with zero attached hydrogens (tertiary/aromatic N) is 2. The third kappa shape index (κ3) is 6.52. The van der Waals surface area contributed by atoms with Crippen molar-refractivity contribution < 1.29 is 27.1 Å². The monoisotopic (exact) mass is 477 g/mol. The van der Waals surface area contributed by atoms with Crippen molar-refractivity contribution in [1.29, 1.82) is 0 Å². The molecular weight excluding hydrogens is 449 g/mol. The van der Waals surface area contributed by atoms with Crippen molar-refractivity contribution in [3.05, 3.63) is 59.9 Å². The molecule has 10 heteroatoms. The Morgan fingerprint density at radius 2 is 1.58 bits per heavy atom. The van der Waals surface area contributed by atoms with E-state index in [1.807, 2.05) is 0 Å². The molecular formula is C23H28FN3O5S. The Hall–Kier alpha value is -2.98. The van der Waals surface area contributed by atoms with E-state index in [0.29, 0.717) is 24.2 Å². The van der Waals surface area contributed by atoms with Crippen LogP contribution < -0.4 is 5.32 Å². The van der Waals surface area contributed by atoms with Crippen LogP contribution in [0.25, 0.3) is 0 Å². The molecule has 2 amide bonds. The number of ether oxygens (including phenoxy) is 1. The molecule has 0 unspecified atom stereocenters. The molecule has 1 fully saturated rings. The second-order valence-electron chi connectivity index (χ2n) is 8.71. The molecule has 1 N–H and O–H groups in total. The maximum atomic E-state index is 13.2. The molecule has 2 aromatic carbocycles. The van der Waals surface area contributed by atoms with E-state index in [1.165, 1.54) is 16.4 Å². The fourth-order valence-electron chi connectivity index (χ4n) is 3.39. The Balaban J connectivity index is 1.62. The first kappa shape index (κ1) is 24.7. The zero-order valence-corrected chi connectivity index (χ0v) is 19.7. The minimum atomic E-state index is -3.77. The molecule has 0 atom stereocenters. The molecule has 0 aliphatic carbocycles. The topological polar surface area (TPSA) is 96.0 Å². The Morgan fingerprint density at radius 1 is 0.939 bits per heavy atom. The Labute approximate surface area is 193 Å². The van der Waals surface area contributed by atoms with Gasteiger partial charge in [-0.05, 0) is 75.7 Å². The summed E-state index contributed by atoms with van der Waals surface area (Å²) in [6.07, 6.45) is -0.110. The summed E-state index contributed by atoms with van der Waals surface area (Å²) in [5, 5.41) is 2.61. The highest BCUT2D eigenvalue weighted by Crippen LogP contribution is 2.20. The van der Waals surface area contributed by atoms with Gasteiger partial charge in [-0.2, -0.15) is 4.31 Å². The maximum absolute atomic E-state index is 13.2. The van der Waals surface area contributed by atoms with E-state index in [0.717, 1.165) is 12.1 Å². The van der Waals surface area contributed by atoms with E-state index in [4.69, 9.17) is 4.74 Å². The van der Waals surface area contributed by atoms with Crippen LogP contribution in [0.5, 0.6) is 0 Å². The summed E-state index contributed by atoms with van der Waals surface area (Å²) in [6, 6.07) is 11.1. The number of anilines is 1. The Kier molecular flexibility index (Phi) is 7.38. The van der Waals surface area contributed by atoms with Crippen molar-refractivity contribution in [3.8, 4) is 0 Å². The average molecular weight is 478 g/mol. The highest BCUT2D eigenvalue weighted by atomic mass is 32.2. The number of carbonyl (C=O) groups is 2. The first-order valence-corrected chi connectivity index (χ1v) is 12.0. The lowest BCUT2D eigenvalue weighted by molar-refractivity contribution is 0.0635. The maximum Gasteiger partial charge on any atom is 0.412 e. The van der Waals surface area contributed by atoms with Gasteiger partial charge >= 0.3 is 6.09 Å². The molecule has 0 radical (unpaired) electrons. The summed E-state index contributed by atoms with van der Waals surface area (Å²) >= 11 is 0. The van der Waals surface area contributed by atoms with Crippen LogP contribution in [-0.2, 0) is 14.8 Å². The number of sulfonamides is 1. The summed E-state index contributed by atoms with van der Waals surface area (Å²) in [5.74, 6) is -0.728. The predicted molar refractivity (Wildman–Crippen MR) is 122 cm³/mol. The van der Waals surface area contributed by atoms with E-state index in [9.17, 15) is 22.4 Å². The minimum absolute atomic E-state index is 0.0248. The van der Waals surface area contributed by atoms with Gasteiger partial charge in [-0.3, -0.25) is 10.1 Å². The standard InChI is InChI=1S/C23H28FN3O5S/c1-23(2,3)32-22(29)25-19-9-5-17(6-10-19)21(28)26-13-4-14-27(16-15-26)33(30,31)20-11-7-18(24)8-12-20/h5-12H,4,13-16H2,1-3H3,(H,25,29). The first-order valence-electron chi connectivity index (χ1n) is 10.6. The normalized spacial score (nSPS) is 15.6. The molecule has 1 heterocycles. The number of carbonyl (C=O) groups excluding carboxylic acids is 2. The van der Waals surface area contributed by atoms with Gasteiger partial charge in [0.2, 0.25) is 10.0 Å². The van der Waals surface area contributed by atoms with E-state index in [1.54, 1.807) is 49.9 Å². The first-order chi connectivity index (χ1) is 15.5. The second kappa shape index (κ2) is 9.88. The van der Waals surface area contributed by atoms with Crippen molar-refractivity contribution in [1.82, 2.24) is 9.21 Å². The number of benzene rings is 2. The number of nitrogens with one attached hydrogen (secondary N) is 1. The van der Waals surface area contributed by atoms with Crippen LogP contribution in [0, 0.1) is 5.82 Å². The molecule has 0 bridgehead atoms. The van der Waals surface area contributed by atoms with E-state index < -0.39 is 27.5 Å². The quantitative estimate of drug-likeness (QED) is 0.724. The Bertz CT molecular complexity index is 1100. The molecule has 3 rings (SSSR count). The molecule has 178 valence electrons. The highest BCUT2D eigenvalue weighted by Gasteiger charge is 2.28. The van der Waals surface area contributed by atoms with Crippen molar-refractivity contribution in [3.63, 3.8) is 0 Å². The Morgan fingerprint density at radius 3 is 2.18 bits per heavy atom. The SMILES string of the molecule is CC(C)(C)OC(=O)Nc1ccc(C(=O)N2CCCN(S(=O)(=O)c3ccc(F)cc3)CC2)cc1. The van der Waals surface area contributed by atoms with Gasteiger partial charge in [-0.25, -0.2) is 17.6 Å². The molecule has 33 heavy (non-hydrogen) atoms. The van der Waals surface area contributed by atoms with Crippen molar-refractivity contribution in [2.45, 2.75) is 37.7 Å². The molecule has 0 spiro atoms. The van der Waals surface area contributed by atoms with Gasteiger partial charge < -0.3 is 9.64 Å². The van der Waals surface area contributed by atoms with Gasteiger partial charge in [-0.1, -0.05) is 0 Å². The van der Waals surface area contributed by atoms with Crippen molar-refractivity contribution in [2.75, 3.05) is 31.5 Å². The van der Waals surface area contributed by atoms with Crippen LogP contribution in [0.4, 0.5) is 14.9 Å². The second-order valence-corrected chi connectivity index (χ2v) is 10.6. The largest absolute Gasteiger partial charge is 0.444 e. The minimum Gasteiger partial charge on any atom is -0.444 e. The van der Waals surface area contributed by atoms with E-state index >= 15 is 0 Å². The fourth-order valence-corrected chi connectivity index (χ4v) is 4.86.